The maximum atomic E-state index is 12.3. The second-order valence-corrected chi connectivity index (χ2v) is 9.52. The number of nitrogens with one attached hydrogen (secondary N) is 4. The molecule has 3 aliphatic rings. The number of hydrogen-bond acceptors (Lipinski definition) is 6. The number of anilines is 1. The van der Waals surface area contributed by atoms with Gasteiger partial charge in [-0.1, -0.05) is 30.3 Å². The number of rotatable bonds is 7. The molecule has 0 saturated carbocycles. The molecule has 2 aromatic carbocycles. The molecule has 2 saturated heterocycles. The highest BCUT2D eigenvalue weighted by Gasteiger charge is 2.35. The van der Waals surface area contributed by atoms with Crippen LogP contribution in [-0.2, 0) is 17.8 Å². The van der Waals surface area contributed by atoms with E-state index in [2.05, 4.69) is 62.8 Å². The van der Waals surface area contributed by atoms with Crippen molar-refractivity contribution in [1.29, 1.82) is 0 Å². The molecule has 3 unspecified atom stereocenters. The molecule has 3 amide bonds. The summed E-state index contributed by atoms with van der Waals surface area (Å²) in [5.74, 6) is 1.00. The first kappa shape index (κ1) is 23.6. The third-order valence-electron chi connectivity index (χ3n) is 7.34. The molecule has 9 nitrogen and oxygen atoms in total. The van der Waals surface area contributed by atoms with E-state index < -0.39 is 0 Å². The first-order valence-electron chi connectivity index (χ1n) is 12.3. The van der Waals surface area contributed by atoms with Gasteiger partial charge in [0.2, 0.25) is 5.91 Å². The predicted molar refractivity (Wildman–Crippen MR) is 134 cm³/mol. The van der Waals surface area contributed by atoms with Gasteiger partial charge in [-0.3, -0.25) is 15.1 Å². The number of carbonyl (C=O) groups excluding carboxylic acids is 2. The molecule has 4 N–H and O–H groups in total. The molecule has 0 aliphatic carbocycles. The van der Waals surface area contributed by atoms with Gasteiger partial charge in [-0.15, -0.1) is 0 Å². The number of nitrogens with zero attached hydrogens (tertiary/aromatic N) is 2. The number of hydrazine groups is 1. The molecule has 186 valence electrons. The lowest BCUT2D eigenvalue weighted by atomic mass is 9.89. The highest BCUT2D eigenvalue weighted by Crippen LogP contribution is 2.35. The summed E-state index contributed by atoms with van der Waals surface area (Å²) in [5, 5.41) is 6.73. The Bertz CT molecular complexity index is 1080. The Morgan fingerprint density at radius 1 is 1.14 bits per heavy atom. The topological polar surface area (TPSA) is 98.0 Å². The van der Waals surface area contributed by atoms with Gasteiger partial charge in [0, 0.05) is 43.9 Å². The van der Waals surface area contributed by atoms with Crippen LogP contribution < -0.4 is 31.1 Å². The van der Waals surface area contributed by atoms with Gasteiger partial charge in [-0.2, -0.15) is 0 Å². The zero-order valence-corrected chi connectivity index (χ0v) is 20.3. The predicted octanol–water partition coefficient (Wildman–Crippen LogP) is 2.04. The van der Waals surface area contributed by atoms with E-state index in [0.29, 0.717) is 19.5 Å². The minimum absolute atomic E-state index is 0.138. The zero-order chi connectivity index (χ0) is 24.4. The van der Waals surface area contributed by atoms with Crippen molar-refractivity contribution in [2.24, 2.45) is 0 Å². The van der Waals surface area contributed by atoms with Crippen LogP contribution in [0.2, 0.25) is 0 Å². The van der Waals surface area contributed by atoms with Gasteiger partial charge in [0.25, 0.3) is 0 Å². The van der Waals surface area contributed by atoms with Crippen molar-refractivity contribution in [2.45, 2.75) is 50.5 Å². The minimum atomic E-state index is -0.194. The van der Waals surface area contributed by atoms with Crippen molar-refractivity contribution in [3.05, 3.63) is 59.2 Å². The third-order valence-corrected chi connectivity index (χ3v) is 7.34. The van der Waals surface area contributed by atoms with Gasteiger partial charge in [0.15, 0.2) is 0 Å². The Morgan fingerprint density at radius 2 is 1.97 bits per heavy atom. The number of methoxy groups -OCH3 is 1. The average molecular weight is 479 g/mol. The summed E-state index contributed by atoms with van der Waals surface area (Å²) in [6.07, 6.45) is 3.25. The fourth-order valence-electron chi connectivity index (χ4n) is 5.57. The number of fused-ring (bicyclic) bond motifs is 1. The molecule has 0 aromatic heterocycles. The maximum Gasteiger partial charge on any atom is 0.330 e. The molecule has 3 atom stereocenters. The summed E-state index contributed by atoms with van der Waals surface area (Å²) in [6, 6.07) is 14.9. The minimum Gasteiger partial charge on any atom is -0.496 e. The van der Waals surface area contributed by atoms with Crippen LogP contribution in [-0.4, -0.2) is 56.3 Å². The first-order chi connectivity index (χ1) is 17.0. The average Bonchev–Trinajstić information content (AvgIpc) is 3.29. The van der Waals surface area contributed by atoms with Gasteiger partial charge < -0.3 is 20.3 Å². The Balaban J connectivity index is 1.37. The van der Waals surface area contributed by atoms with E-state index in [-0.39, 0.29) is 30.2 Å². The second-order valence-electron chi connectivity index (χ2n) is 9.52. The van der Waals surface area contributed by atoms with Gasteiger partial charge >= 0.3 is 6.03 Å². The van der Waals surface area contributed by atoms with E-state index in [9.17, 15) is 9.59 Å². The van der Waals surface area contributed by atoms with E-state index in [1.165, 1.54) is 5.56 Å². The summed E-state index contributed by atoms with van der Waals surface area (Å²) >= 11 is 0. The fourth-order valence-corrected chi connectivity index (χ4v) is 5.57. The molecule has 2 fully saturated rings. The van der Waals surface area contributed by atoms with Gasteiger partial charge in [0.05, 0.1) is 13.2 Å². The molecule has 35 heavy (non-hydrogen) atoms. The number of carbonyl (C=O) groups is 2. The number of benzene rings is 2. The van der Waals surface area contributed by atoms with Crippen molar-refractivity contribution in [3.8, 4) is 5.75 Å². The molecule has 3 aliphatic heterocycles. The summed E-state index contributed by atoms with van der Waals surface area (Å²) in [5.41, 5.74) is 10.1. The van der Waals surface area contributed by atoms with Crippen LogP contribution in [0.4, 0.5) is 10.5 Å². The highest BCUT2D eigenvalue weighted by molar-refractivity contribution is 5.96. The maximum absolute atomic E-state index is 12.3. The number of amides is 3. The van der Waals surface area contributed by atoms with E-state index in [4.69, 9.17) is 4.74 Å². The summed E-state index contributed by atoms with van der Waals surface area (Å²) < 4.78 is 5.74. The quantitative estimate of drug-likeness (QED) is 0.486. The van der Waals surface area contributed by atoms with Gasteiger partial charge in [-0.25, -0.2) is 10.2 Å². The highest BCUT2D eigenvalue weighted by atomic mass is 16.5. The lowest BCUT2D eigenvalue weighted by Crippen LogP contribution is -2.53. The Kier molecular flexibility index (Phi) is 6.90. The van der Waals surface area contributed by atoms with Crippen molar-refractivity contribution >= 4 is 17.6 Å². The van der Waals surface area contributed by atoms with E-state index in [0.717, 1.165) is 48.4 Å². The number of hydrogen-bond donors (Lipinski definition) is 4. The van der Waals surface area contributed by atoms with Crippen LogP contribution in [0.3, 0.4) is 0 Å². The molecule has 0 bridgehead atoms. The van der Waals surface area contributed by atoms with Gasteiger partial charge in [0.1, 0.15) is 11.9 Å². The number of piperidine rings is 1. The second kappa shape index (κ2) is 10.2. The summed E-state index contributed by atoms with van der Waals surface area (Å²) in [7, 11) is 3.55. The van der Waals surface area contributed by atoms with Crippen molar-refractivity contribution < 1.29 is 14.3 Å². The van der Waals surface area contributed by atoms with Crippen LogP contribution in [0.25, 0.3) is 0 Å². The normalized spacial score (nSPS) is 24.6. The summed E-state index contributed by atoms with van der Waals surface area (Å²) in [4.78, 5) is 28.1. The fraction of sp³-hybridized carbons (Fsp3) is 0.462. The van der Waals surface area contributed by atoms with Crippen molar-refractivity contribution in [1.82, 2.24) is 26.4 Å². The van der Waals surface area contributed by atoms with E-state index >= 15 is 0 Å². The largest absolute Gasteiger partial charge is 0.496 e. The van der Waals surface area contributed by atoms with E-state index in [1.54, 1.807) is 12.0 Å². The molecule has 9 heteroatoms. The Morgan fingerprint density at radius 3 is 2.71 bits per heavy atom. The zero-order valence-electron chi connectivity index (χ0n) is 20.3. The van der Waals surface area contributed by atoms with Crippen molar-refractivity contribution in [2.75, 3.05) is 32.1 Å². The SMILES string of the molecule is COc1cc2c(cc1CNC1CCCN(CC3NNC(=O)N3)C1c1ccccc1)N(C)C(=O)CC2. The third kappa shape index (κ3) is 4.98. The number of ether oxygens (including phenoxy) is 1. The number of likely N-dealkylation sites (tertiary alicyclic amines) is 1. The van der Waals surface area contributed by atoms with Crippen LogP contribution in [0.1, 0.15) is 42.0 Å². The molecular weight excluding hydrogens is 444 g/mol. The standard InChI is InChI=1S/C26H34N6O3/c1-31-21-13-19(22(35-2)14-18(21)10-11-24(31)33)15-27-20-9-6-12-32(16-23-28-26(34)30-29-23)25(20)17-7-4-3-5-8-17/h3-5,7-8,13-14,20,23,25,27,29H,6,9-12,15-16H2,1-2H3,(H2,28,30,34). The molecule has 0 radical (unpaired) electrons. The smallest absolute Gasteiger partial charge is 0.330 e. The Labute approximate surface area is 206 Å². The molecule has 0 spiro atoms. The van der Waals surface area contributed by atoms with Crippen LogP contribution in [0.5, 0.6) is 5.75 Å². The molecular formula is C26H34N6O3. The van der Waals surface area contributed by atoms with E-state index in [1.807, 2.05) is 13.1 Å². The lowest BCUT2D eigenvalue weighted by Gasteiger charge is -2.43. The lowest BCUT2D eigenvalue weighted by molar-refractivity contribution is -0.118. The molecule has 2 aromatic rings. The summed E-state index contributed by atoms with van der Waals surface area (Å²) in [6.45, 7) is 2.30. The monoisotopic (exact) mass is 478 g/mol. The van der Waals surface area contributed by atoms with Crippen LogP contribution in [0.15, 0.2) is 42.5 Å². The Hall–Kier alpha value is -3.14. The molecule has 3 heterocycles. The number of urea groups is 1. The van der Waals surface area contributed by atoms with Gasteiger partial charge in [-0.05, 0) is 49.1 Å². The first-order valence-corrected chi connectivity index (χ1v) is 12.3. The number of aryl methyl sites for hydroxylation is 1. The van der Waals surface area contributed by atoms with Crippen LogP contribution in [0, 0.1) is 0 Å². The van der Waals surface area contributed by atoms with Crippen molar-refractivity contribution in [3.63, 3.8) is 0 Å². The van der Waals surface area contributed by atoms with Crippen LogP contribution >= 0.6 is 0 Å². The molecule has 5 rings (SSSR count).